The average Bonchev–Trinajstić information content (AvgIpc) is 3.29. The molecule has 0 atom stereocenters. The van der Waals surface area contributed by atoms with E-state index in [9.17, 15) is 9.59 Å². The van der Waals surface area contributed by atoms with Crippen LogP contribution in [0.1, 0.15) is 33.5 Å². The number of ether oxygens (including phenoxy) is 2. The number of aromatic nitrogens is 3. The molecular formula is C22H22N4O4S. The molecule has 0 saturated carbocycles. The van der Waals surface area contributed by atoms with Crippen molar-refractivity contribution in [2.24, 2.45) is 4.99 Å². The van der Waals surface area contributed by atoms with Crippen molar-refractivity contribution in [2.75, 3.05) is 20.3 Å². The van der Waals surface area contributed by atoms with Crippen LogP contribution in [0.2, 0.25) is 0 Å². The predicted octanol–water partition coefficient (Wildman–Crippen LogP) is 3.22. The molecule has 0 bridgehead atoms. The molecule has 9 heteroatoms. The van der Waals surface area contributed by atoms with Gasteiger partial charge in [-0.25, -0.2) is 9.78 Å². The molecule has 160 valence electrons. The van der Waals surface area contributed by atoms with Gasteiger partial charge in [-0.1, -0.05) is 17.4 Å². The van der Waals surface area contributed by atoms with E-state index in [0.29, 0.717) is 47.2 Å². The number of rotatable bonds is 6. The number of hydrogen-bond donors (Lipinski definition) is 0. The highest BCUT2D eigenvalue weighted by molar-refractivity contribution is 7.16. The fourth-order valence-electron chi connectivity index (χ4n) is 3.43. The molecule has 0 saturated heterocycles. The Balaban J connectivity index is 1.84. The van der Waals surface area contributed by atoms with E-state index in [2.05, 4.69) is 9.98 Å². The van der Waals surface area contributed by atoms with Crippen molar-refractivity contribution in [2.45, 2.75) is 20.4 Å². The van der Waals surface area contributed by atoms with Crippen molar-refractivity contribution in [3.8, 4) is 0 Å². The Morgan fingerprint density at radius 1 is 1.23 bits per heavy atom. The summed E-state index contributed by atoms with van der Waals surface area (Å²) >= 11 is 1.34. The van der Waals surface area contributed by atoms with Gasteiger partial charge in [0.15, 0.2) is 4.80 Å². The van der Waals surface area contributed by atoms with Crippen LogP contribution in [0.25, 0.3) is 15.9 Å². The fraction of sp³-hybridized carbons (Fsp3) is 0.273. The predicted molar refractivity (Wildman–Crippen MR) is 117 cm³/mol. The highest BCUT2D eigenvalue weighted by Gasteiger charge is 2.17. The summed E-state index contributed by atoms with van der Waals surface area (Å²) < 4.78 is 14.9. The lowest BCUT2D eigenvalue weighted by Crippen LogP contribution is -2.20. The number of aryl methyl sites for hydroxylation is 1. The maximum atomic E-state index is 13.2. The fourth-order valence-corrected chi connectivity index (χ4v) is 4.52. The zero-order valence-electron chi connectivity index (χ0n) is 17.5. The van der Waals surface area contributed by atoms with E-state index < -0.39 is 5.97 Å². The van der Waals surface area contributed by atoms with Gasteiger partial charge in [0.05, 0.1) is 35.2 Å². The van der Waals surface area contributed by atoms with Crippen LogP contribution in [0, 0.1) is 6.92 Å². The van der Waals surface area contributed by atoms with Crippen LogP contribution in [0.4, 0.5) is 0 Å². The van der Waals surface area contributed by atoms with Gasteiger partial charge in [-0.15, -0.1) is 0 Å². The van der Waals surface area contributed by atoms with Gasteiger partial charge in [0.1, 0.15) is 11.3 Å². The number of hydrogen-bond acceptors (Lipinski definition) is 6. The lowest BCUT2D eigenvalue weighted by atomic mass is 10.2. The van der Waals surface area contributed by atoms with E-state index in [1.807, 2.05) is 35.8 Å². The first kappa shape index (κ1) is 21.0. The number of fused-ring (bicyclic) bond motifs is 2. The zero-order chi connectivity index (χ0) is 22.0. The SMILES string of the molecule is CCOCCn1c(=NC(=O)c2c(C)nc3ccccn23)sc2cc(C(=O)OC)ccc21. The number of methoxy groups -OCH3 is 1. The number of pyridine rings is 1. The second-order valence-electron chi connectivity index (χ2n) is 6.80. The van der Waals surface area contributed by atoms with Crippen LogP contribution >= 0.6 is 11.3 Å². The molecule has 4 rings (SSSR count). The molecule has 0 aliphatic carbocycles. The summed E-state index contributed by atoms with van der Waals surface area (Å²) in [7, 11) is 1.35. The molecule has 0 radical (unpaired) electrons. The van der Waals surface area contributed by atoms with Crippen molar-refractivity contribution >= 4 is 39.1 Å². The smallest absolute Gasteiger partial charge is 0.337 e. The molecule has 4 aromatic rings. The number of nitrogens with zero attached hydrogens (tertiary/aromatic N) is 4. The number of carbonyl (C=O) groups is 2. The Kier molecular flexibility index (Phi) is 5.97. The van der Waals surface area contributed by atoms with E-state index in [0.717, 1.165) is 10.2 Å². The van der Waals surface area contributed by atoms with Crippen LogP contribution in [-0.2, 0) is 16.0 Å². The minimum atomic E-state index is -0.410. The number of amides is 1. The summed E-state index contributed by atoms with van der Waals surface area (Å²) in [6.45, 7) is 5.34. The molecule has 0 spiro atoms. The topological polar surface area (TPSA) is 87.2 Å². The second-order valence-corrected chi connectivity index (χ2v) is 7.81. The molecule has 0 N–H and O–H groups in total. The normalized spacial score (nSPS) is 12.0. The molecule has 8 nitrogen and oxygen atoms in total. The third-order valence-corrected chi connectivity index (χ3v) is 5.91. The standard InChI is InChI=1S/C22H22N4O4S/c1-4-30-12-11-25-16-9-8-15(21(28)29-3)13-17(16)31-22(25)24-20(27)19-14(2)23-18-7-5-6-10-26(18)19/h5-10,13H,4,11-12H2,1-3H3. The van der Waals surface area contributed by atoms with Gasteiger partial charge in [-0.2, -0.15) is 4.99 Å². The van der Waals surface area contributed by atoms with Crippen molar-refractivity contribution < 1.29 is 19.1 Å². The Hall–Kier alpha value is -3.30. The van der Waals surface area contributed by atoms with Gasteiger partial charge in [0, 0.05) is 19.3 Å². The first-order chi connectivity index (χ1) is 15.0. The molecule has 0 unspecified atom stereocenters. The second kappa shape index (κ2) is 8.83. The quantitative estimate of drug-likeness (QED) is 0.341. The van der Waals surface area contributed by atoms with Crippen molar-refractivity contribution in [1.29, 1.82) is 0 Å². The van der Waals surface area contributed by atoms with E-state index in [-0.39, 0.29) is 5.91 Å². The molecule has 0 aliphatic heterocycles. The van der Waals surface area contributed by atoms with Gasteiger partial charge in [0.2, 0.25) is 0 Å². The van der Waals surface area contributed by atoms with E-state index in [4.69, 9.17) is 9.47 Å². The summed E-state index contributed by atoms with van der Waals surface area (Å²) in [6.07, 6.45) is 1.80. The molecule has 3 aromatic heterocycles. The maximum absolute atomic E-state index is 13.2. The Morgan fingerprint density at radius 2 is 2.06 bits per heavy atom. The van der Waals surface area contributed by atoms with Crippen LogP contribution in [0.3, 0.4) is 0 Å². The summed E-state index contributed by atoms with van der Waals surface area (Å²) in [5.41, 5.74) is 3.07. The minimum absolute atomic E-state index is 0.374. The summed E-state index contributed by atoms with van der Waals surface area (Å²) in [6, 6.07) is 10.9. The Bertz CT molecular complexity index is 1350. The van der Waals surface area contributed by atoms with Gasteiger partial charge in [-0.3, -0.25) is 9.20 Å². The van der Waals surface area contributed by atoms with Gasteiger partial charge < -0.3 is 14.0 Å². The first-order valence-electron chi connectivity index (χ1n) is 9.85. The Morgan fingerprint density at radius 3 is 2.84 bits per heavy atom. The van der Waals surface area contributed by atoms with Crippen molar-refractivity contribution in [1.82, 2.24) is 14.0 Å². The van der Waals surface area contributed by atoms with Crippen LogP contribution in [-0.4, -0.2) is 46.2 Å². The summed E-state index contributed by atoms with van der Waals surface area (Å²) in [5.74, 6) is -0.784. The largest absolute Gasteiger partial charge is 0.465 e. The van der Waals surface area contributed by atoms with Crippen LogP contribution in [0.5, 0.6) is 0 Å². The molecule has 1 amide bonds. The number of benzene rings is 1. The monoisotopic (exact) mass is 438 g/mol. The van der Waals surface area contributed by atoms with E-state index in [1.165, 1.54) is 18.4 Å². The van der Waals surface area contributed by atoms with Gasteiger partial charge in [0.25, 0.3) is 5.91 Å². The molecule has 0 aliphatic rings. The van der Waals surface area contributed by atoms with Crippen LogP contribution < -0.4 is 4.80 Å². The maximum Gasteiger partial charge on any atom is 0.337 e. The first-order valence-corrected chi connectivity index (χ1v) is 10.7. The van der Waals surface area contributed by atoms with Gasteiger partial charge in [-0.05, 0) is 44.2 Å². The molecular weight excluding hydrogens is 416 g/mol. The lowest BCUT2D eigenvalue weighted by molar-refractivity contribution is 0.0600. The van der Waals surface area contributed by atoms with Crippen LogP contribution in [0.15, 0.2) is 47.6 Å². The van der Waals surface area contributed by atoms with Crippen molar-refractivity contribution in [3.63, 3.8) is 0 Å². The average molecular weight is 439 g/mol. The number of imidazole rings is 1. The third-order valence-electron chi connectivity index (χ3n) is 4.87. The molecule has 31 heavy (non-hydrogen) atoms. The molecule has 1 aromatic carbocycles. The van der Waals surface area contributed by atoms with Crippen molar-refractivity contribution in [3.05, 3.63) is 64.3 Å². The Labute approximate surface area is 182 Å². The highest BCUT2D eigenvalue weighted by Crippen LogP contribution is 2.20. The van der Waals surface area contributed by atoms with E-state index >= 15 is 0 Å². The van der Waals surface area contributed by atoms with E-state index in [1.54, 1.807) is 29.7 Å². The lowest BCUT2D eigenvalue weighted by Gasteiger charge is -2.06. The van der Waals surface area contributed by atoms with Gasteiger partial charge >= 0.3 is 5.97 Å². The highest BCUT2D eigenvalue weighted by atomic mass is 32.1. The summed E-state index contributed by atoms with van der Waals surface area (Å²) in [5, 5.41) is 0. The summed E-state index contributed by atoms with van der Waals surface area (Å²) in [4.78, 5) is 34.5. The third kappa shape index (κ3) is 4.01. The minimum Gasteiger partial charge on any atom is -0.465 e. The molecule has 3 heterocycles. The number of thiazole rings is 1. The number of carbonyl (C=O) groups excluding carboxylic acids is 2. The zero-order valence-corrected chi connectivity index (χ0v) is 18.3. The number of esters is 1. The molecule has 0 fully saturated rings.